The van der Waals surface area contributed by atoms with Crippen molar-refractivity contribution in [2.75, 3.05) is 47.9 Å². The number of hydrogen-bond donors (Lipinski definition) is 1. The predicted molar refractivity (Wildman–Crippen MR) is 107 cm³/mol. The fourth-order valence-corrected chi connectivity index (χ4v) is 5.10. The third-order valence-corrected chi connectivity index (χ3v) is 6.52. The van der Waals surface area contributed by atoms with Gasteiger partial charge in [0.05, 0.1) is 25.4 Å². The molecule has 3 aliphatic heterocycles. The normalized spacial score (nSPS) is 30.7. The van der Waals surface area contributed by atoms with Crippen LogP contribution in [0.15, 0.2) is 29.3 Å². The summed E-state index contributed by atoms with van der Waals surface area (Å²) in [5.41, 5.74) is 1.24. The molecule has 3 aliphatic rings. The van der Waals surface area contributed by atoms with Gasteiger partial charge in [-0.05, 0) is 44.6 Å². The maximum Gasteiger partial charge on any atom is 0.193 e. The Hall–Kier alpha value is -1.79. The van der Waals surface area contributed by atoms with E-state index in [0.29, 0.717) is 24.0 Å². The summed E-state index contributed by atoms with van der Waals surface area (Å²) in [5, 5.41) is 3.62. The van der Waals surface area contributed by atoms with Gasteiger partial charge in [-0.3, -0.25) is 4.99 Å². The van der Waals surface area contributed by atoms with Gasteiger partial charge in [0, 0.05) is 38.5 Å². The summed E-state index contributed by atoms with van der Waals surface area (Å²) in [6.45, 7) is 2.94. The van der Waals surface area contributed by atoms with Gasteiger partial charge in [0.2, 0.25) is 0 Å². The highest BCUT2D eigenvalue weighted by Crippen LogP contribution is 2.47. The van der Waals surface area contributed by atoms with Crippen molar-refractivity contribution in [2.45, 2.75) is 31.1 Å². The molecule has 2 bridgehead atoms. The summed E-state index contributed by atoms with van der Waals surface area (Å²) in [4.78, 5) is 9.24. The minimum Gasteiger partial charge on any atom is -0.497 e. The van der Waals surface area contributed by atoms with Crippen LogP contribution in [0.25, 0.3) is 0 Å². The second kappa shape index (κ2) is 7.68. The molecule has 5 unspecified atom stereocenters. The van der Waals surface area contributed by atoms with Crippen molar-refractivity contribution in [3.8, 4) is 5.75 Å². The molecule has 6 nitrogen and oxygen atoms in total. The smallest absolute Gasteiger partial charge is 0.193 e. The number of rotatable bonds is 5. The van der Waals surface area contributed by atoms with E-state index in [0.717, 1.165) is 31.3 Å². The summed E-state index contributed by atoms with van der Waals surface area (Å²) in [7, 11) is 7.83. The van der Waals surface area contributed by atoms with E-state index in [1.54, 1.807) is 7.11 Å². The molecular formula is C21H32N4O2. The van der Waals surface area contributed by atoms with Crippen LogP contribution >= 0.6 is 0 Å². The number of methoxy groups -OCH3 is 1. The average molecular weight is 373 g/mol. The van der Waals surface area contributed by atoms with Crippen molar-refractivity contribution in [3.63, 3.8) is 0 Å². The molecular weight excluding hydrogens is 340 g/mol. The third-order valence-electron chi connectivity index (χ3n) is 6.52. The number of aliphatic imine (C=N–C) groups is 1. The number of guanidine groups is 1. The number of nitrogens with one attached hydrogen (secondary N) is 1. The lowest BCUT2D eigenvalue weighted by Crippen LogP contribution is -2.44. The van der Waals surface area contributed by atoms with Crippen LogP contribution in [-0.2, 0) is 4.74 Å². The first-order chi connectivity index (χ1) is 13.1. The second-order valence-electron chi connectivity index (χ2n) is 8.21. The van der Waals surface area contributed by atoms with Crippen LogP contribution in [0.2, 0.25) is 0 Å². The van der Waals surface area contributed by atoms with Gasteiger partial charge in [-0.15, -0.1) is 0 Å². The molecule has 1 aromatic carbocycles. The van der Waals surface area contributed by atoms with Gasteiger partial charge in [0.1, 0.15) is 5.75 Å². The summed E-state index contributed by atoms with van der Waals surface area (Å²) in [6.07, 6.45) is 3.44. The molecule has 0 aliphatic carbocycles. The highest BCUT2D eigenvalue weighted by molar-refractivity contribution is 5.80. The average Bonchev–Trinajstić information content (AvgIpc) is 3.38. The molecule has 0 amide bonds. The molecule has 3 heterocycles. The summed E-state index contributed by atoms with van der Waals surface area (Å²) < 4.78 is 11.5. The van der Waals surface area contributed by atoms with Crippen LogP contribution in [0.3, 0.4) is 0 Å². The van der Waals surface area contributed by atoms with Gasteiger partial charge < -0.3 is 24.6 Å². The van der Waals surface area contributed by atoms with Crippen LogP contribution in [0, 0.1) is 11.8 Å². The van der Waals surface area contributed by atoms with E-state index in [4.69, 9.17) is 9.47 Å². The summed E-state index contributed by atoms with van der Waals surface area (Å²) in [6, 6.07) is 8.56. The Bertz CT molecular complexity index is 675. The SMILES string of the molecule is CN=C(NCC(c1cccc(OC)c1)N(C)C)N1CC2C3CCC(O3)C2C1. The molecule has 3 fully saturated rings. The number of benzene rings is 1. The minimum absolute atomic E-state index is 0.249. The fourth-order valence-electron chi connectivity index (χ4n) is 5.10. The molecule has 0 radical (unpaired) electrons. The van der Waals surface area contributed by atoms with E-state index in [1.807, 2.05) is 13.1 Å². The number of likely N-dealkylation sites (tertiary alicyclic amines) is 1. The molecule has 3 saturated heterocycles. The Morgan fingerprint density at radius 2 is 2.00 bits per heavy atom. The van der Waals surface area contributed by atoms with Gasteiger partial charge in [-0.1, -0.05) is 12.1 Å². The van der Waals surface area contributed by atoms with Gasteiger partial charge in [-0.2, -0.15) is 0 Å². The molecule has 148 valence electrons. The highest BCUT2D eigenvalue weighted by atomic mass is 16.5. The standard InChI is InChI=1S/C21H32N4O2/c1-22-21(25-12-16-17(13-25)20-9-8-19(16)27-20)23-11-18(24(2)3)14-6-5-7-15(10-14)26-4/h5-7,10,16-20H,8-9,11-13H2,1-4H3,(H,22,23). The number of fused-ring (bicyclic) bond motifs is 5. The van der Waals surface area contributed by atoms with Crippen LogP contribution in [0.4, 0.5) is 0 Å². The van der Waals surface area contributed by atoms with Crippen LogP contribution in [0.5, 0.6) is 5.75 Å². The van der Waals surface area contributed by atoms with E-state index < -0.39 is 0 Å². The quantitative estimate of drug-likeness (QED) is 0.633. The minimum atomic E-state index is 0.249. The molecule has 27 heavy (non-hydrogen) atoms. The molecule has 0 aromatic heterocycles. The van der Waals surface area contributed by atoms with Gasteiger partial charge in [0.25, 0.3) is 0 Å². The maximum atomic E-state index is 6.10. The lowest BCUT2D eigenvalue weighted by molar-refractivity contribution is 0.0767. The largest absolute Gasteiger partial charge is 0.497 e. The molecule has 0 spiro atoms. The van der Waals surface area contributed by atoms with Crippen LogP contribution in [-0.4, -0.2) is 75.9 Å². The monoisotopic (exact) mass is 372 g/mol. The molecule has 5 atom stereocenters. The lowest BCUT2D eigenvalue weighted by atomic mass is 9.82. The molecule has 0 saturated carbocycles. The molecule has 6 heteroatoms. The molecule has 4 rings (SSSR count). The van der Waals surface area contributed by atoms with E-state index >= 15 is 0 Å². The Morgan fingerprint density at radius 1 is 1.30 bits per heavy atom. The zero-order chi connectivity index (χ0) is 19.0. The zero-order valence-electron chi connectivity index (χ0n) is 16.9. The van der Waals surface area contributed by atoms with Crippen molar-refractivity contribution >= 4 is 5.96 Å². The predicted octanol–water partition coefficient (Wildman–Crippen LogP) is 1.98. The maximum absolute atomic E-state index is 6.10. The van der Waals surface area contributed by atoms with Gasteiger partial charge in [-0.25, -0.2) is 0 Å². The second-order valence-corrected chi connectivity index (χ2v) is 8.21. The third kappa shape index (κ3) is 3.52. The zero-order valence-corrected chi connectivity index (χ0v) is 16.9. The van der Waals surface area contributed by atoms with Crippen LogP contribution in [0.1, 0.15) is 24.4 Å². The summed E-state index contributed by atoms with van der Waals surface area (Å²) in [5.74, 6) is 3.28. The first kappa shape index (κ1) is 18.6. The van der Waals surface area contributed by atoms with E-state index in [-0.39, 0.29) is 6.04 Å². The summed E-state index contributed by atoms with van der Waals surface area (Å²) >= 11 is 0. The van der Waals surface area contributed by atoms with Crippen molar-refractivity contribution in [3.05, 3.63) is 29.8 Å². The van der Waals surface area contributed by atoms with E-state index in [1.165, 1.54) is 18.4 Å². The Labute approximate surface area is 162 Å². The number of likely N-dealkylation sites (N-methyl/N-ethyl adjacent to an activating group) is 1. The van der Waals surface area contributed by atoms with Crippen molar-refractivity contribution in [1.29, 1.82) is 0 Å². The Kier molecular flexibility index (Phi) is 5.28. The fraction of sp³-hybridized carbons (Fsp3) is 0.667. The number of ether oxygens (including phenoxy) is 2. The Morgan fingerprint density at radius 3 is 2.59 bits per heavy atom. The number of nitrogens with zero attached hydrogens (tertiary/aromatic N) is 3. The highest BCUT2D eigenvalue weighted by Gasteiger charge is 2.53. The van der Waals surface area contributed by atoms with E-state index in [2.05, 4.69) is 52.4 Å². The first-order valence-electron chi connectivity index (χ1n) is 10.0. The molecule has 1 N–H and O–H groups in total. The van der Waals surface area contributed by atoms with Crippen molar-refractivity contribution < 1.29 is 9.47 Å². The van der Waals surface area contributed by atoms with Gasteiger partial charge >= 0.3 is 0 Å². The van der Waals surface area contributed by atoms with Crippen LogP contribution < -0.4 is 10.1 Å². The van der Waals surface area contributed by atoms with E-state index in [9.17, 15) is 0 Å². The number of hydrogen-bond acceptors (Lipinski definition) is 4. The topological polar surface area (TPSA) is 49.3 Å². The van der Waals surface area contributed by atoms with Crippen molar-refractivity contribution in [2.24, 2.45) is 16.8 Å². The van der Waals surface area contributed by atoms with Gasteiger partial charge in [0.15, 0.2) is 5.96 Å². The Balaban J connectivity index is 1.41. The van der Waals surface area contributed by atoms with Crippen molar-refractivity contribution in [1.82, 2.24) is 15.1 Å². The lowest BCUT2D eigenvalue weighted by Gasteiger charge is -2.29. The molecule has 1 aromatic rings. The first-order valence-corrected chi connectivity index (χ1v) is 10.0.